The number of unbranched alkanes of at least 4 members (excludes halogenated alkanes) is 14. The monoisotopic (exact) mass is 777 g/mol. The van der Waals surface area contributed by atoms with Gasteiger partial charge in [0.15, 0.2) is 6.10 Å². The summed E-state index contributed by atoms with van der Waals surface area (Å²) in [5.41, 5.74) is 0. The highest BCUT2D eigenvalue weighted by Gasteiger charge is 2.19. The molecule has 0 radical (unpaired) electrons. The van der Waals surface area contributed by atoms with Crippen molar-refractivity contribution in [2.75, 3.05) is 13.2 Å². The summed E-state index contributed by atoms with van der Waals surface area (Å²) < 4.78 is 16.6. The maximum Gasteiger partial charge on any atom is 0.306 e. The van der Waals surface area contributed by atoms with Gasteiger partial charge in [-0.25, -0.2) is 0 Å². The van der Waals surface area contributed by atoms with Crippen LogP contribution < -0.4 is 0 Å². The molecule has 0 aromatic rings. The normalized spacial score (nSPS) is 13.0. The Bertz CT molecular complexity index is 1170. The van der Waals surface area contributed by atoms with Gasteiger partial charge >= 0.3 is 17.9 Å². The predicted octanol–water partition coefficient (Wildman–Crippen LogP) is 14.2. The van der Waals surface area contributed by atoms with Crippen molar-refractivity contribution in [1.29, 1.82) is 0 Å². The molecule has 0 aromatic carbocycles. The molecule has 56 heavy (non-hydrogen) atoms. The molecule has 1 atom stereocenters. The van der Waals surface area contributed by atoms with Gasteiger partial charge in [0.25, 0.3) is 0 Å². The zero-order valence-electron chi connectivity index (χ0n) is 35.9. The Kier molecular flexibility index (Phi) is 41.2. The van der Waals surface area contributed by atoms with Gasteiger partial charge in [-0.05, 0) is 89.9 Å². The molecule has 0 fully saturated rings. The first-order valence-electron chi connectivity index (χ1n) is 22.3. The molecule has 0 aliphatic heterocycles. The van der Waals surface area contributed by atoms with Crippen LogP contribution in [-0.2, 0) is 28.6 Å². The lowest BCUT2D eigenvalue weighted by atomic mass is 10.1. The van der Waals surface area contributed by atoms with E-state index in [-0.39, 0.29) is 37.5 Å². The Hall–Kier alpha value is -3.67. The molecule has 1 unspecified atom stereocenters. The third kappa shape index (κ3) is 41.5. The van der Waals surface area contributed by atoms with Crippen molar-refractivity contribution in [2.24, 2.45) is 0 Å². The van der Waals surface area contributed by atoms with E-state index >= 15 is 0 Å². The quantitative estimate of drug-likeness (QED) is 0.0204. The third-order valence-electron chi connectivity index (χ3n) is 8.90. The summed E-state index contributed by atoms with van der Waals surface area (Å²) in [4.78, 5) is 37.7. The van der Waals surface area contributed by atoms with E-state index in [1.54, 1.807) is 0 Å². The molecule has 0 aromatic heterocycles. The van der Waals surface area contributed by atoms with E-state index in [9.17, 15) is 14.4 Å². The van der Waals surface area contributed by atoms with Crippen molar-refractivity contribution in [1.82, 2.24) is 0 Å². The summed E-state index contributed by atoms with van der Waals surface area (Å²) in [6.07, 6.45) is 56.9. The lowest BCUT2D eigenvalue weighted by Crippen LogP contribution is -2.30. The Balaban J connectivity index is 4.48. The van der Waals surface area contributed by atoms with Crippen LogP contribution in [-0.4, -0.2) is 37.2 Å². The topological polar surface area (TPSA) is 78.9 Å². The Morgan fingerprint density at radius 3 is 1.41 bits per heavy atom. The molecule has 0 spiro atoms. The second-order valence-electron chi connectivity index (χ2n) is 14.3. The smallest absolute Gasteiger partial charge is 0.306 e. The third-order valence-corrected chi connectivity index (χ3v) is 8.90. The average Bonchev–Trinajstić information content (AvgIpc) is 3.19. The largest absolute Gasteiger partial charge is 0.462 e. The van der Waals surface area contributed by atoms with Gasteiger partial charge in [0.1, 0.15) is 13.2 Å². The van der Waals surface area contributed by atoms with Gasteiger partial charge in [-0.15, -0.1) is 0 Å². The summed E-state index contributed by atoms with van der Waals surface area (Å²) in [6.45, 7) is 6.25. The van der Waals surface area contributed by atoms with Crippen LogP contribution in [0.25, 0.3) is 0 Å². The second-order valence-corrected chi connectivity index (χ2v) is 14.3. The van der Waals surface area contributed by atoms with Gasteiger partial charge in [0.2, 0.25) is 0 Å². The first-order chi connectivity index (χ1) is 27.5. The number of rotatable bonds is 38. The van der Waals surface area contributed by atoms with E-state index in [1.807, 2.05) is 36.5 Å². The number of ether oxygens (including phenoxy) is 3. The summed E-state index contributed by atoms with van der Waals surface area (Å²) >= 11 is 0. The van der Waals surface area contributed by atoms with Crippen LogP contribution in [0, 0.1) is 0 Å². The molecule has 0 aliphatic carbocycles. The first-order valence-corrected chi connectivity index (χ1v) is 22.3. The fourth-order valence-electron chi connectivity index (χ4n) is 5.59. The molecule has 0 aliphatic rings. The van der Waals surface area contributed by atoms with Gasteiger partial charge in [0, 0.05) is 19.3 Å². The Morgan fingerprint density at radius 1 is 0.393 bits per heavy atom. The maximum absolute atomic E-state index is 12.7. The fraction of sp³-hybridized carbons (Fsp3) is 0.620. The van der Waals surface area contributed by atoms with E-state index in [0.717, 1.165) is 89.9 Å². The van der Waals surface area contributed by atoms with E-state index in [4.69, 9.17) is 14.2 Å². The van der Waals surface area contributed by atoms with Gasteiger partial charge in [0.05, 0.1) is 0 Å². The van der Waals surface area contributed by atoms with Crippen LogP contribution in [0.5, 0.6) is 0 Å². The molecule has 0 rings (SSSR count). The summed E-state index contributed by atoms with van der Waals surface area (Å²) in [7, 11) is 0. The van der Waals surface area contributed by atoms with Crippen LogP contribution in [0.4, 0.5) is 0 Å². The zero-order valence-corrected chi connectivity index (χ0v) is 35.9. The molecule has 0 amide bonds. The SMILES string of the molecule is CC\C=C/C=C\C=C/C=C\CCCCCC(=O)OC(COC(=O)CCC/C=C\CCCCCC)COC(=O)CCCCCCCC/C=C\C/C=C\C/C=C\CC. The lowest BCUT2D eigenvalue weighted by Gasteiger charge is -2.18. The predicted molar refractivity (Wildman–Crippen MR) is 237 cm³/mol. The van der Waals surface area contributed by atoms with Crippen molar-refractivity contribution >= 4 is 17.9 Å². The molecule has 0 N–H and O–H groups in total. The van der Waals surface area contributed by atoms with E-state index in [2.05, 4.69) is 81.5 Å². The Labute approximate surface area is 343 Å². The number of allylic oxidation sites excluding steroid dienone is 16. The van der Waals surface area contributed by atoms with Crippen LogP contribution in [0.15, 0.2) is 97.2 Å². The number of carbonyl (C=O) groups excluding carboxylic acids is 3. The van der Waals surface area contributed by atoms with Gasteiger partial charge in [-0.2, -0.15) is 0 Å². The van der Waals surface area contributed by atoms with Crippen molar-refractivity contribution in [2.45, 2.75) is 187 Å². The highest BCUT2D eigenvalue weighted by atomic mass is 16.6. The van der Waals surface area contributed by atoms with E-state index in [1.165, 1.54) is 38.5 Å². The minimum atomic E-state index is -0.812. The number of hydrogen-bond acceptors (Lipinski definition) is 6. The summed E-state index contributed by atoms with van der Waals surface area (Å²) in [5.74, 6) is -1.01. The van der Waals surface area contributed by atoms with Crippen molar-refractivity contribution in [3.8, 4) is 0 Å². The Morgan fingerprint density at radius 2 is 0.804 bits per heavy atom. The number of esters is 3. The number of hydrogen-bond donors (Lipinski definition) is 0. The molecule has 6 nitrogen and oxygen atoms in total. The van der Waals surface area contributed by atoms with E-state index < -0.39 is 6.10 Å². The minimum Gasteiger partial charge on any atom is -0.462 e. The molecule has 0 saturated heterocycles. The van der Waals surface area contributed by atoms with Gasteiger partial charge < -0.3 is 14.2 Å². The minimum absolute atomic E-state index is 0.111. The average molecular weight is 777 g/mol. The molecule has 0 bridgehead atoms. The van der Waals surface area contributed by atoms with Crippen molar-refractivity contribution in [3.05, 3.63) is 97.2 Å². The fourth-order valence-corrected chi connectivity index (χ4v) is 5.59. The molecular weight excluding hydrogens is 697 g/mol. The van der Waals surface area contributed by atoms with E-state index in [0.29, 0.717) is 25.7 Å². The van der Waals surface area contributed by atoms with Crippen molar-refractivity contribution in [3.63, 3.8) is 0 Å². The van der Waals surface area contributed by atoms with Crippen molar-refractivity contribution < 1.29 is 28.6 Å². The maximum atomic E-state index is 12.7. The summed E-state index contributed by atoms with van der Waals surface area (Å²) in [6, 6.07) is 0. The zero-order chi connectivity index (χ0) is 40.8. The standard InChI is InChI=1S/C50H80O6/c1-4-7-10-13-16-19-21-23-24-25-27-28-31-34-37-40-43-49(52)55-46-47(45-54-48(51)42-39-36-33-30-18-15-12-9-6-3)56-50(53)44-41-38-35-32-29-26-22-20-17-14-11-8-5-2/h7-8,10-11,14,16-17,19-20,22-24,26,29-30,33,47H,4-6,9,12-13,15,18,21,25,27-28,31-32,34-46H2,1-3H3/b10-7-,11-8-,17-14-,19-16-,22-20-,24-23-,29-26-,33-30-. The molecule has 0 heterocycles. The lowest BCUT2D eigenvalue weighted by molar-refractivity contribution is -0.167. The summed E-state index contributed by atoms with van der Waals surface area (Å²) in [5, 5.41) is 0. The highest BCUT2D eigenvalue weighted by Crippen LogP contribution is 2.12. The van der Waals surface area contributed by atoms with Crippen LogP contribution in [0.3, 0.4) is 0 Å². The molecule has 316 valence electrons. The van der Waals surface area contributed by atoms with Crippen LogP contribution in [0.1, 0.15) is 181 Å². The molecular formula is C50H80O6. The van der Waals surface area contributed by atoms with Gasteiger partial charge in [-0.3, -0.25) is 14.4 Å². The molecule has 6 heteroatoms. The van der Waals surface area contributed by atoms with Gasteiger partial charge in [-0.1, -0.05) is 169 Å². The van der Waals surface area contributed by atoms with Crippen LogP contribution in [0.2, 0.25) is 0 Å². The second kappa shape index (κ2) is 44.0. The number of carbonyl (C=O) groups is 3. The highest BCUT2D eigenvalue weighted by molar-refractivity contribution is 5.71. The van der Waals surface area contributed by atoms with Crippen LogP contribution >= 0.6 is 0 Å². The molecule has 0 saturated carbocycles. The first kappa shape index (κ1) is 52.3.